The van der Waals surface area contributed by atoms with Gasteiger partial charge in [-0.3, -0.25) is 10.1 Å². The van der Waals surface area contributed by atoms with Gasteiger partial charge in [-0.15, -0.1) is 0 Å². The normalized spacial score (nSPS) is 11.1. The predicted octanol–water partition coefficient (Wildman–Crippen LogP) is 4.71. The molecule has 3 aromatic rings. The molecule has 22 heavy (non-hydrogen) atoms. The van der Waals surface area contributed by atoms with E-state index in [9.17, 15) is 10.1 Å². The number of fused-ring (bicyclic) bond motifs is 1. The molecule has 0 bridgehead atoms. The average molecular weight is 428 g/mol. The Hall–Kier alpha value is -1.67. The number of halogens is 2. The van der Waals surface area contributed by atoms with E-state index in [1.165, 1.54) is 6.07 Å². The lowest BCUT2D eigenvalue weighted by Crippen LogP contribution is -1.96. The van der Waals surface area contributed by atoms with Gasteiger partial charge in [-0.2, -0.15) is 0 Å². The molecule has 0 radical (unpaired) electrons. The first-order valence-electron chi connectivity index (χ1n) is 6.45. The fraction of sp³-hybridized carbons (Fsp3) is 0.133. The summed E-state index contributed by atoms with van der Waals surface area (Å²) in [6.07, 6.45) is 1.67. The predicted molar refractivity (Wildman–Crippen MR) is 95.3 cm³/mol. The standard InChI is InChI=1S/C15H11ClIN3O2/c1-8-7-9(20(21)22)3-4-10(8)14-13(17)12-11(19(14)2)5-6-18-15(12)16/h3-7H,1-2H3. The van der Waals surface area contributed by atoms with Crippen LogP contribution in [0.4, 0.5) is 5.69 Å². The van der Waals surface area contributed by atoms with Crippen molar-refractivity contribution in [3.05, 3.63) is 54.9 Å². The second kappa shape index (κ2) is 5.51. The summed E-state index contributed by atoms with van der Waals surface area (Å²) >= 11 is 8.47. The Labute approximate surface area is 145 Å². The van der Waals surface area contributed by atoms with Crippen molar-refractivity contribution in [2.75, 3.05) is 0 Å². The number of aromatic nitrogens is 2. The van der Waals surface area contributed by atoms with E-state index < -0.39 is 0 Å². The van der Waals surface area contributed by atoms with Gasteiger partial charge in [-0.25, -0.2) is 4.98 Å². The van der Waals surface area contributed by atoms with Crippen LogP contribution in [0.5, 0.6) is 0 Å². The van der Waals surface area contributed by atoms with Crippen LogP contribution in [0.2, 0.25) is 5.15 Å². The van der Waals surface area contributed by atoms with Gasteiger partial charge in [-0.05, 0) is 47.2 Å². The Morgan fingerprint density at radius 1 is 1.36 bits per heavy atom. The first-order valence-corrected chi connectivity index (χ1v) is 7.91. The quantitative estimate of drug-likeness (QED) is 0.257. The molecule has 5 nitrogen and oxygen atoms in total. The summed E-state index contributed by atoms with van der Waals surface area (Å²) in [5.74, 6) is 0. The van der Waals surface area contributed by atoms with E-state index >= 15 is 0 Å². The first kappa shape index (κ1) is 15.2. The third kappa shape index (κ3) is 2.26. The van der Waals surface area contributed by atoms with Crippen molar-refractivity contribution in [2.45, 2.75) is 6.92 Å². The van der Waals surface area contributed by atoms with Crippen LogP contribution in [-0.2, 0) is 7.05 Å². The van der Waals surface area contributed by atoms with Gasteiger partial charge in [0.25, 0.3) is 5.69 Å². The van der Waals surface area contributed by atoms with Gasteiger partial charge in [0, 0.05) is 34.5 Å². The van der Waals surface area contributed by atoms with Crippen LogP contribution < -0.4 is 0 Å². The molecule has 112 valence electrons. The number of pyridine rings is 1. The fourth-order valence-electron chi connectivity index (χ4n) is 2.62. The van der Waals surface area contributed by atoms with Crippen molar-refractivity contribution in [1.29, 1.82) is 0 Å². The zero-order valence-electron chi connectivity index (χ0n) is 11.8. The highest BCUT2D eigenvalue weighted by Gasteiger charge is 2.19. The van der Waals surface area contributed by atoms with Crippen molar-refractivity contribution in [3.8, 4) is 11.3 Å². The number of nitro groups is 1. The van der Waals surface area contributed by atoms with Crippen LogP contribution in [0.1, 0.15) is 5.56 Å². The van der Waals surface area contributed by atoms with Crippen molar-refractivity contribution in [2.24, 2.45) is 7.05 Å². The zero-order valence-corrected chi connectivity index (χ0v) is 14.7. The maximum absolute atomic E-state index is 10.9. The topological polar surface area (TPSA) is 61.0 Å². The SMILES string of the molecule is Cc1cc([N+](=O)[O-])ccc1-c1c(I)c2c(Cl)nccc2n1C. The molecule has 7 heteroatoms. The van der Waals surface area contributed by atoms with Gasteiger partial charge in [0.15, 0.2) is 0 Å². The van der Waals surface area contributed by atoms with Gasteiger partial charge in [0.2, 0.25) is 0 Å². The highest BCUT2D eigenvalue weighted by molar-refractivity contribution is 14.1. The largest absolute Gasteiger partial charge is 0.343 e. The van der Waals surface area contributed by atoms with E-state index in [0.29, 0.717) is 5.15 Å². The summed E-state index contributed by atoms with van der Waals surface area (Å²) in [4.78, 5) is 14.6. The molecular formula is C15H11ClIN3O2. The summed E-state index contributed by atoms with van der Waals surface area (Å²) in [5.41, 5.74) is 3.86. The number of hydrogen-bond acceptors (Lipinski definition) is 3. The molecule has 0 saturated heterocycles. The Balaban J connectivity index is 2.32. The molecule has 2 aromatic heterocycles. The van der Waals surface area contributed by atoms with Crippen molar-refractivity contribution >= 4 is 50.8 Å². The molecule has 0 atom stereocenters. The summed E-state index contributed by atoms with van der Waals surface area (Å²) in [5, 5.41) is 12.3. The Morgan fingerprint density at radius 2 is 2.09 bits per heavy atom. The number of hydrogen-bond donors (Lipinski definition) is 0. The van der Waals surface area contributed by atoms with Crippen molar-refractivity contribution in [3.63, 3.8) is 0 Å². The minimum atomic E-state index is -0.385. The molecule has 3 rings (SSSR count). The van der Waals surface area contributed by atoms with Crippen LogP contribution in [0.3, 0.4) is 0 Å². The number of nitrogens with zero attached hydrogens (tertiary/aromatic N) is 3. The van der Waals surface area contributed by atoms with Gasteiger partial charge < -0.3 is 4.57 Å². The molecule has 0 saturated carbocycles. The van der Waals surface area contributed by atoms with Crippen molar-refractivity contribution in [1.82, 2.24) is 9.55 Å². The Bertz CT molecular complexity index is 921. The Kier molecular flexibility index (Phi) is 3.82. The molecule has 0 unspecified atom stereocenters. The van der Waals surface area contributed by atoms with E-state index in [-0.39, 0.29) is 10.6 Å². The summed E-state index contributed by atoms with van der Waals surface area (Å²) in [6, 6.07) is 6.80. The van der Waals surface area contributed by atoms with E-state index in [2.05, 4.69) is 27.6 Å². The van der Waals surface area contributed by atoms with Crippen LogP contribution in [0.25, 0.3) is 22.2 Å². The molecule has 1 aromatic carbocycles. The van der Waals surface area contributed by atoms with Crippen LogP contribution in [0, 0.1) is 20.6 Å². The molecule has 0 fully saturated rings. The van der Waals surface area contributed by atoms with Gasteiger partial charge >= 0.3 is 0 Å². The van der Waals surface area contributed by atoms with Crippen LogP contribution >= 0.6 is 34.2 Å². The second-order valence-corrected chi connectivity index (χ2v) is 6.41. The van der Waals surface area contributed by atoms with Crippen LogP contribution in [0.15, 0.2) is 30.5 Å². The van der Waals surface area contributed by atoms with E-state index in [1.54, 1.807) is 18.3 Å². The molecule has 0 amide bonds. The Morgan fingerprint density at radius 3 is 2.68 bits per heavy atom. The number of benzene rings is 1. The average Bonchev–Trinajstić information content (AvgIpc) is 2.72. The highest BCUT2D eigenvalue weighted by Crippen LogP contribution is 2.38. The molecule has 0 spiro atoms. The van der Waals surface area contributed by atoms with Crippen molar-refractivity contribution < 1.29 is 4.92 Å². The smallest absolute Gasteiger partial charge is 0.269 e. The third-order valence-electron chi connectivity index (χ3n) is 3.68. The van der Waals surface area contributed by atoms with Gasteiger partial charge in [-0.1, -0.05) is 11.6 Å². The molecule has 2 heterocycles. The van der Waals surface area contributed by atoms with Gasteiger partial charge in [0.05, 0.1) is 21.5 Å². The lowest BCUT2D eigenvalue weighted by Gasteiger charge is -2.08. The summed E-state index contributed by atoms with van der Waals surface area (Å²) in [6.45, 7) is 1.87. The molecule has 0 aliphatic carbocycles. The fourth-order valence-corrected chi connectivity index (χ4v) is 4.21. The molecule has 0 aliphatic rings. The monoisotopic (exact) mass is 427 g/mol. The maximum atomic E-state index is 10.9. The number of non-ortho nitro benzene ring substituents is 1. The maximum Gasteiger partial charge on any atom is 0.269 e. The lowest BCUT2D eigenvalue weighted by molar-refractivity contribution is -0.384. The summed E-state index contributed by atoms with van der Waals surface area (Å²) in [7, 11) is 1.96. The third-order valence-corrected chi connectivity index (χ3v) is 5.02. The minimum Gasteiger partial charge on any atom is -0.343 e. The van der Waals surface area contributed by atoms with E-state index in [4.69, 9.17) is 11.6 Å². The molecular weight excluding hydrogens is 417 g/mol. The van der Waals surface area contributed by atoms with Crippen LogP contribution in [-0.4, -0.2) is 14.5 Å². The number of nitro benzene ring substituents is 1. The summed E-state index contributed by atoms with van der Waals surface area (Å²) < 4.78 is 3.03. The number of rotatable bonds is 2. The number of aryl methyl sites for hydroxylation is 2. The van der Waals surface area contributed by atoms with E-state index in [1.807, 2.05) is 24.6 Å². The van der Waals surface area contributed by atoms with E-state index in [0.717, 1.165) is 31.3 Å². The zero-order chi connectivity index (χ0) is 16.0. The highest BCUT2D eigenvalue weighted by atomic mass is 127. The second-order valence-electron chi connectivity index (χ2n) is 4.97. The minimum absolute atomic E-state index is 0.0923. The molecule has 0 aliphatic heterocycles. The lowest BCUT2D eigenvalue weighted by atomic mass is 10.0. The van der Waals surface area contributed by atoms with Gasteiger partial charge in [0.1, 0.15) is 5.15 Å². The first-order chi connectivity index (χ1) is 10.4. The molecule has 0 N–H and O–H groups in total.